The predicted octanol–water partition coefficient (Wildman–Crippen LogP) is 2.24. The number of hydrogen-bond donors (Lipinski definition) is 2. The van der Waals surface area contributed by atoms with Crippen molar-refractivity contribution >= 4 is 0 Å². The molecule has 3 aromatic rings. The molecule has 0 spiro atoms. The number of H-pyrrole nitrogens is 1. The van der Waals surface area contributed by atoms with Gasteiger partial charge in [-0.25, -0.2) is 9.67 Å². The molecular weight excluding hydrogens is 316 g/mol. The minimum Gasteiger partial charge on any atom is -0.391 e. The lowest BCUT2D eigenvalue weighted by molar-refractivity contribution is 0.144. The summed E-state index contributed by atoms with van der Waals surface area (Å²) in [4.78, 5) is 8.73. The highest BCUT2D eigenvalue weighted by molar-refractivity contribution is 5.53. The molecular formula is C18H24N6O. The Bertz CT molecular complexity index is 823. The first-order valence-electron chi connectivity index (χ1n) is 8.61. The largest absolute Gasteiger partial charge is 0.391 e. The van der Waals surface area contributed by atoms with Crippen LogP contribution in [0.4, 0.5) is 0 Å². The number of nitrogens with one attached hydrogen (secondary N) is 1. The Morgan fingerprint density at radius 3 is 2.60 bits per heavy atom. The van der Waals surface area contributed by atoms with Gasteiger partial charge in [0, 0.05) is 30.1 Å². The average Bonchev–Trinajstić information content (AvgIpc) is 3.18. The van der Waals surface area contributed by atoms with Crippen LogP contribution in [-0.4, -0.2) is 41.2 Å². The topological polar surface area (TPSA) is 92.5 Å². The van der Waals surface area contributed by atoms with E-state index in [0.717, 1.165) is 35.6 Å². The zero-order valence-electron chi connectivity index (χ0n) is 14.9. The van der Waals surface area contributed by atoms with Gasteiger partial charge in [-0.15, -0.1) is 0 Å². The summed E-state index contributed by atoms with van der Waals surface area (Å²) in [6.07, 6.45) is 5.22. The van der Waals surface area contributed by atoms with Crippen LogP contribution in [0.5, 0.6) is 0 Å². The van der Waals surface area contributed by atoms with Crippen LogP contribution in [0.15, 0.2) is 24.5 Å². The Hall–Kier alpha value is -2.54. The van der Waals surface area contributed by atoms with Gasteiger partial charge in [-0.3, -0.25) is 10.1 Å². The Morgan fingerprint density at radius 2 is 1.96 bits per heavy atom. The van der Waals surface area contributed by atoms with E-state index in [-0.39, 0.29) is 0 Å². The number of rotatable bonds is 7. The zero-order valence-corrected chi connectivity index (χ0v) is 14.9. The molecule has 25 heavy (non-hydrogen) atoms. The summed E-state index contributed by atoms with van der Waals surface area (Å²) >= 11 is 0. The van der Waals surface area contributed by atoms with Gasteiger partial charge >= 0.3 is 0 Å². The number of hydrogen-bond acceptors (Lipinski definition) is 5. The van der Waals surface area contributed by atoms with E-state index in [1.165, 1.54) is 5.56 Å². The van der Waals surface area contributed by atoms with E-state index >= 15 is 0 Å². The summed E-state index contributed by atoms with van der Waals surface area (Å²) in [5, 5.41) is 22.0. The molecule has 2 N–H and O–H groups in total. The van der Waals surface area contributed by atoms with Crippen LogP contribution in [0.1, 0.15) is 36.1 Å². The van der Waals surface area contributed by atoms with Gasteiger partial charge < -0.3 is 5.11 Å². The molecule has 0 amide bonds. The van der Waals surface area contributed by atoms with E-state index in [4.69, 9.17) is 4.98 Å². The fraction of sp³-hybridized carbons (Fsp3) is 0.444. The molecule has 0 aliphatic carbocycles. The minimum absolute atomic E-state index is 0.430. The van der Waals surface area contributed by atoms with E-state index in [1.807, 2.05) is 30.7 Å². The van der Waals surface area contributed by atoms with Crippen molar-refractivity contribution in [2.24, 2.45) is 0 Å². The number of aliphatic hydroxyl groups is 1. The molecule has 7 nitrogen and oxygen atoms in total. The van der Waals surface area contributed by atoms with Gasteiger partial charge in [0.15, 0.2) is 5.82 Å². The van der Waals surface area contributed by atoms with E-state index in [0.29, 0.717) is 18.8 Å². The third kappa shape index (κ3) is 3.93. The standard InChI is InChI=1S/C18H24N6O/c1-4-15(25)11-24-17(6-5-16-12(2)13(3)21-22-16)20-18(23-24)14-7-9-19-10-8-14/h7-10,15,25H,4-6,11H2,1-3H3,(H,21,22). The second-order valence-corrected chi connectivity index (χ2v) is 6.25. The van der Waals surface area contributed by atoms with Gasteiger partial charge in [-0.05, 0) is 44.4 Å². The number of aromatic nitrogens is 6. The smallest absolute Gasteiger partial charge is 0.181 e. The van der Waals surface area contributed by atoms with Crippen molar-refractivity contribution in [3.8, 4) is 11.4 Å². The van der Waals surface area contributed by atoms with Crippen molar-refractivity contribution in [2.75, 3.05) is 0 Å². The molecule has 7 heteroatoms. The summed E-state index contributed by atoms with van der Waals surface area (Å²) in [7, 11) is 0. The monoisotopic (exact) mass is 340 g/mol. The Kier molecular flexibility index (Phi) is 5.23. The normalized spacial score (nSPS) is 12.5. The molecule has 0 aromatic carbocycles. The third-order valence-electron chi connectivity index (χ3n) is 4.48. The quantitative estimate of drug-likeness (QED) is 0.688. The Balaban J connectivity index is 1.85. The molecule has 1 atom stereocenters. The van der Waals surface area contributed by atoms with Gasteiger partial charge in [-0.2, -0.15) is 10.2 Å². The van der Waals surface area contributed by atoms with Gasteiger partial charge in [0.2, 0.25) is 0 Å². The van der Waals surface area contributed by atoms with Gasteiger partial charge in [-0.1, -0.05) is 6.92 Å². The van der Waals surface area contributed by atoms with Crippen molar-refractivity contribution in [1.29, 1.82) is 0 Å². The fourth-order valence-corrected chi connectivity index (χ4v) is 2.67. The number of aryl methyl sites for hydroxylation is 3. The van der Waals surface area contributed by atoms with Crippen LogP contribution in [0.25, 0.3) is 11.4 Å². The lowest BCUT2D eigenvalue weighted by atomic mass is 10.1. The van der Waals surface area contributed by atoms with E-state index < -0.39 is 6.10 Å². The van der Waals surface area contributed by atoms with Crippen molar-refractivity contribution in [2.45, 2.75) is 52.7 Å². The van der Waals surface area contributed by atoms with Crippen molar-refractivity contribution in [3.63, 3.8) is 0 Å². The maximum Gasteiger partial charge on any atom is 0.181 e. The maximum absolute atomic E-state index is 10.0. The molecule has 0 aliphatic rings. The predicted molar refractivity (Wildman–Crippen MR) is 95.0 cm³/mol. The first kappa shape index (κ1) is 17.3. The molecule has 3 heterocycles. The summed E-state index contributed by atoms with van der Waals surface area (Å²) in [5.74, 6) is 1.52. The minimum atomic E-state index is -0.430. The second-order valence-electron chi connectivity index (χ2n) is 6.25. The molecule has 0 saturated carbocycles. The SMILES string of the molecule is CCC(O)Cn1nc(-c2ccncc2)nc1CCc1n[nH]c(C)c1C. The zero-order chi connectivity index (χ0) is 17.8. The molecule has 3 aromatic heterocycles. The molecule has 1 unspecified atom stereocenters. The number of nitrogens with zero attached hydrogens (tertiary/aromatic N) is 5. The fourth-order valence-electron chi connectivity index (χ4n) is 2.67. The molecule has 3 rings (SSSR count). The van der Waals surface area contributed by atoms with Crippen molar-refractivity contribution < 1.29 is 5.11 Å². The Morgan fingerprint density at radius 1 is 1.20 bits per heavy atom. The lowest BCUT2D eigenvalue weighted by Crippen LogP contribution is -2.18. The molecule has 0 radical (unpaired) electrons. The van der Waals surface area contributed by atoms with E-state index in [9.17, 15) is 5.11 Å². The van der Waals surface area contributed by atoms with E-state index in [1.54, 1.807) is 12.4 Å². The first-order chi connectivity index (χ1) is 12.1. The van der Waals surface area contributed by atoms with Gasteiger partial charge in [0.05, 0.1) is 18.3 Å². The van der Waals surface area contributed by atoms with Crippen LogP contribution >= 0.6 is 0 Å². The van der Waals surface area contributed by atoms with Crippen LogP contribution in [-0.2, 0) is 19.4 Å². The Labute approximate surface area is 147 Å². The second kappa shape index (κ2) is 7.57. The van der Waals surface area contributed by atoms with Gasteiger partial charge in [0.25, 0.3) is 0 Å². The average molecular weight is 340 g/mol. The highest BCUT2D eigenvalue weighted by Gasteiger charge is 2.15. The van der Waals surface area contributed by atoms with Crippen LogP contribution in [0.3, 0.4) is 0 Å². The van der Waals surface area contributed by atoms with Crippen molar-refractivity contribution in [3.05, 3.63) is 47.3 Å². The van der Waals surface area contributed by atoms with Crippen LogP contribution < -0.4 is 0 Å². The summed E-state index contributed by atoms with van der Waals surface area (Å²) < 4.78 is 1.82. The van der Waals surface area contributed by atoms with Gasteiger partial charge in [0.1, 0.15) is 5.82 Å². The summed E-state index contributed by atoms with van der Waals surface area (Å²) in [6.45, 7) is 6.50. The maximum atomic E-state index is 10.0. The molecule has 132 valence electrons. The number of aliphatic hydroxyl groups excluding tert-OH is 1. The molecule has 0 fully saturated rings. The van der Waals surface area contributed by atoms with Crippen LogP contribution in [0.2, 0.25) is 0 Å². The first-order valence-corrected chi connectivity index (χ1v) is 8.61. The molecule has 0 saturated heterocycles. The number of pyridine rings is 1. The third-order valence-corrected chi connectivity index (χ3v) is 4.48. The number of aromatic amines is 1. The highest BCUT2D eigenvalue weighted by atomic mass is 16.3. The highest BCUT2D eigenvalue weighted by Crippen LogP contribution is 2.17. The molecule has 0 aliphatic heterocycles. The van der Waals surface area contributed by atoms with Crippen LogP contribution in [0, 0.1) is 13.8 Å². The van der Waals surface area contributed by atoms with Crippen molar-refractivity contribution in [1.82, 2.24) is 29.9 Å². The van der Waals surface area contributed by atoms with E-state index in [2.05, 4.69) is 27.2 Å². The summed E-state index contributed by atoms with van der Waals surface area (Å²) in [5.41, 5.74) is 4.26. The molecule has 0 bridgehead atoms. The lowest BCUT2D eigenvalue weighted by Gasteiger charge is -2.09. The summed E-state index contributed by atoms with van der Waals surface area (Å²) in [6, 6.07) is 3.78.